The van der Waals surface area contributed by atoms with E-state index in [0.717, 1.165) is 11.5 Å². The van der Waals surface area contributed by atoms with Crippen LogP contribution in [0.15, 0.2) is 5.16 Å². The Morgan fingerprint density at radius 1 is 1.69 bits per heavy atom. The first-order chi connectivity index (χ1) is 6.27. The number of hydrogen-bond donors (Lipinski definition) is 1. The Balaban J connectivity index is 2.38. The molecule has 1 saturated carbocycles. The summed E-state index contributed by atoms with van der Waals surface area (Å²) in [7, 11) is 1.52. The second-order valence-electron chi connectivity index (χ2n) is 2.92. The molecule has 0 spiro atoms. The molecular formula is C8H14N2O2S. The summed E-state index contributed by atoms with van der Waals surface area (Å²) in [6.45, 7) is 0. The number of oxime groups is 1. The fourth-order valence-corrected chi connectivity index (χ4v) is 1.51. The molecule has 1 N–H and O–H groups in total. The van der Waals surface area contributed by atoms with Crippen LogP contribution in [0.25, 0.3) is 0 Å². The van der Waals surface area contributed by atoms with Crippen LogP contribution in [0.2, 0.25) is 0 Å². The normalized spacial score (nSPS) is 16.9. The van der Waals surface area contributed by atoms with Crippen molar-refractivity contribution in [3.8, 4) is 0 Å². The molecule has 5 heteroatoms. The topological polar surface area (TPSA) is 50.7 Å². The predicted octanol–water partition coefficient (Wildman–Crippen LogP) is 1.47. The molecule has 0 heterocycles. The molecule has 4 nitrogen and oxygen atoms in total. The highest BCUT2D eigenvalue weighted by Crippen LogP contribution is 2.31. The zero-order chi connectivity index (χ0) is 9.68. The number of carbonyl (C=O) groups excluding carboxylic acids is 1. The van der Waals surface area contributed by atoms with Crippen molar-refractivity contribution in [2.75, 3.05) is 19.1 Å². The van der Waals surface area contributed by atoms with Gasteiger partial charge in [-0.15, -0.1) is 0 Å². The van der Waals surface area contributed by atoms with Crippen molar-refractivity contribution in [3.63, 3.8) is 0 Å². The zero-order valence-corrected chi connectivity index (χ0v) is 8.69. The molecule has 1 aliphatic rings. The van der Waals surface area contributed by atoms with Crippen LogP contribution < -0.4 is 5.32 Å². The van der Waals surface area contributed by atoms with E-state index in [1.54, 1.807) is 11.8 Å². The van der Waals surface area contributed by atoms with Crippen LogP contribution in [0.4, 0.5) is 4.79 Å². The van der Waals surface area contributed by atoms with Crippen LogP contribution in [-0.2, 0) is 4.84 Å². The summed E-state index contributed by atoms with van der Waals surface area (Å²) in [5.74, 6) is 1.40. The molecule has 0 aromatic rings. The van der Waals surface area contributed by atoms with Gasteiger partial charge in [0.15, 0.2) is 0 Å². The Hall–Kier alpha value is -0.710. The van der Waals surface area contributed by atoms with Gasteiger partial charge in [0.25, 0.3) is 0 Å². The molecule has 0 aromatic carbocycles. The fourth-order valence-electron chi connectivity index (χ4n) is 0.929. The minimum absolute atomic E-state index is 0.501. The van der Waals surface area contributed by atoms with Crippen molar-refractivity contribution in [3.05, 3.63) is 0 Å². The largest absolute Gasteiger partial charge is 0.433 e. The maximum atomic E-state index is 10.7. The molecule has 1 aliphatic carbocycles. The lowest BCUT2D eigenvalue weighted by Crippen LogP contribution is -2.18. The van der Waals surface area contributed by atoms with E-state index < -0.39 is 6.09 Å². The summed E-state index contributed by atoms with van der Waals surface area (Å²) < 4.78 is 0. The molecule has 1 fully saturated rings. The smallest absolute Gasteiger partial charge is 0.323 e. The van der Waals surface area contributed by atoms with E-state index in [2.05, 4.69) is 15.3 Å². The lowest BCUT2D eigenvalue weighted by Gasteiger charge is -2.01. The van der Waals surface area contributed by atoms with Crippen molar-refractivity contribution in [1.82, 2.24) is 5.32 Å². The number of rotatable bonds is 4. The van der Waals surface area contributed by atoms with E-state index in [-0.39, 0.29) is 0 Å². The van der Waals surface area contributed by atoms with Crippen LogP contribution in [0.5, 0.6) is 0 Å². The van der Waals surface area contributed by atoms with Gasteiger partial charge < -0.3 is 5.32 Å². The van der Waals surface area contributed by atoms with E-state index in [4.69, 9.17) is 0 Å². The molecule has 1 rings (SSSR count). The molecule has 0 saturated heterocycles. The van der Waals surface area contributed by atoms with Crippen molar-refractivity contribution in [1.29, 1.82) is 0 Å². The third kappa shape index (κ3) is 3.67. The van der Waals surface area contributed by atoms with Crippen molar-refractivity contribution < 1.29 is 9.63 Å². The number of thioether (sulfide) groups is 1. The average molecular weight is 202 g/mol. The van der Waals surface area contributed by atoms with E-state index in [1.165, 1.54) is 19.9 Å². The van der Waals surface area contributed by atoms with Gasteiger partial charge >= 0.3 is 6.09 Å². The monoisotopic (exact) mass is 202 g/mol. The van der Waals surface area contributed by atoms with Gasteiger partial charge in [-0.3, -0.25) is 4.84 Å². The van der Waals surface area contributed by atoms with Crippen LogP contribution in [0, 0.1) is 5.92 Å². The van der Waals surface area contributed by atoms with Crippen LogP contribution >= 0.6 is 11.8 Å². The van der Waals surface area contributed by atoms with Crippen molar-refractivity contribution in [2.24, 2.45) is 11.1 Å². The number of hydrogen-bond acceptors (Lipinski definition) is 4. The number of nitrogens with one attached hydrogen (secondary N) is 1. The number of carbonyl (C=O) groups is 1. The zero-order valence-electron chi connectivity index (χ0n) is 7.87. The van der Waals surface area contributed by atoms with E-state index in [9.17, 15) is 4.79 Å². The second kappa shape index (κ2) is 5.11. The summed E-state index contributed by atoms with van der Waals surface area (Å²) >= 11 is 1.69. The first-order valence-corrected chi connectivity index (χ1v) is 5.61. The first-order valence-electron chi connectivity index (χ1n) is 4.22. The maximum absolute atomic E-state index is 10.7. The van der Waals surface area contributed by atoms with Gasteiger partial charge in [0.2, 0.25) is 0 Å². The van der Waals surface area contributed by atoms with Crippen molar-refractivity contribution >= 4 is 23.6 Å². The quantitative estimate of drug-likeness (QED) is 0.426. The second-order valence-corrected chi connectivity index (χ2v) is 3.78. The molecule has 74 valence electrons. The molecule has 0 unspecified atom stereocenters. The molecule has 0 radical (unpaired) electrons. The molecule has 0 bridgehead atoms. The summed E-state index contributed by atoms with van der Waals surface area (Å²) in [6.07, 6.45) is 3.87. The number of nitrogens with zero attached hydrogens (tertiary/aromatic N) is 1. The maximum Gasteiger partial charge on any atom is 0.433 e. The van der Waals surface area contributed by atoms with E-state index in [0.29, 0.717) is 5.92 Å². The minimum Gasteiger partial charge on any atom is -0.323 e. The fraction of sp³-hybridized carbons (Fsp3) is 0.750. The van der Waals surface area contributed by atoms with Gasteiger partial charge in [0.1, 0.15) is 0 Å². The minimum atomic E-state index is -0.501. The molecule has 0 aromatic heterocycles. The van der Waals surface area contributed by atoms with Gasteiger partial charge in [0.05, 0.1) is 5.71 Å². The standard InChI is InChI=1S/C8H14N2O2S/c1-9-8(11)12-10-7(5-13-2)6-3-4-6/h6H,3-5H2,1-2H3,(H,9,11). The number of amides is 1. The molecule has 1 amide bonds. The summed E-state index contributed by atoms with van der Waals surface area (Å²) in [5, 5.41) is 6.18. The Morgan fingerprint density at radius 2 is 2.38 bits per heavy atom. The van der Waals surface area contributed by atoms with E-state index in [1.807, 2.05) is 6.26 Å². The Labute approximate surface area is 82.1 Å². The highest BCUT2D eigenvalue weighted by Gasteiger charge is 2.27. The van der Waals surface area contributed by atoms with Crippen molar-refractivity contribution in [2.45, 2.75) is 12.8 Å². The third-order valence-corrected chi connectivity index (χ3v) is 2.38. The van der Waals surface area contributed by atoms with Crippen LogP contribution in [-0.4, -0.2) is 30.9 Å². The SMILES string of the molecule is CNC(=O)ON=C(CSC)C1CC1. The lowest BCUT2D eigenvalue weighted by atomic mass is 10.3. The molecule has 0 atom stereocenters. The van der Waals surface area contributed by atoms with Gasteiger partial charge in [0, 0.05) is 18.7 Å². The molecular weight excluding hydrogens is 188 g/mol. The van der Waals surface area contributed by atoms with Gasteiger partial charge in [-0.25, -0.2) is 4.79 Å². The molecule has 0 aliphatic heterocycles. The Kier molecular flexibility index (Phi) is 4.08. The first kappa shape index (κ1) is 10.4. The average Bonchev–Trinajstić information content (AvgIpc) is 2.94. The Morgan fingerprint density at radius 3 is 2.85 bits per heavy atom. The Bertz CT molecular complexity index is 214. The molecule has 13 heavy (non-hydrogen) atoms. The lowest BCUT2D eigenvalue weighted by molar-refractivity contribution is 0.152. The third-order valence-electron chi connectivity index (χ3n) is 1.79. The highest BCUT2D eigenvalue weighted by atomic mass is 32.2. The van der Waals surface area contributed by atoms with Gasteiger partial charge in [-0.2, -0.15) is 11.8 Å². The van der Waals surface area contributed by atoms with Gasteiger partial charge in [-0.1, -0.05) is 5.16 Å². The summed E-state index contributed by atoms with van der Waals surface area (Å²) in [5.41, 5.74) is 0.996. The summed E-state index contributed by atoms with van der Waals surface area (Å²) in [6, 6.07) is 0. The van der Waals surface area contributed by atoms with Gasteiger partial charge in [-0.05, 0) is 19.1 Å². The highest BCUT2D eigenvalue weighted by molar-refractivity contribution is 7.99. The van der Waals surface area contributed by atoms with Crippen LogP contribution in [0.1, 0.15) is 12.8 Å². The predicted molar refractivity (Wildman–Crippen MR) is 54.1 cm³/mol. The van der Waals surface area contributed by atoms with Crippen LogP contribution in [0.3, 0.4) is 0 Å². The summed E-state index contributed by atoms with van der Waals surface area (Å²) in [4.78, 5) is 15.3. The van der Waals surface area contributed by atoms with E-state index >= 15 is 0 Å².